The van der Waals surface area contributed by atoms with Crippen LogP contribution in [0, 0.1) is 0 Å². The van der Waals surface area contributed by atoms with Gasteiger partial charge in [-0.05, 0) is 29.3 Å². The Labute approximate surface area is 184 Å². The third-order valence-electron chi connectivity index (χ3n) is 4.82. The molecule has 0 N–H and O–H groups in total. The number of ether oxygens (including phenoxy) is 2. The van der Waals surface area contributed by atoms with Crippen molar-refractivity contribution in [2.24, 2.45) is 0 Å². The van der Waals surface area contributed by atoms with Crippen molar-refractivity contribution in [3.8, 4) is 21.9 Å². The second kappa shape index (κ2) is 8.25. The van der Waals surface area contributed by atoms with Crippen molar-refractivity contribution in [2.45, 2.75) is 11.3 Å². The van der Waals surface area contributed by atoms with Gasteiger partial charge in [0.15, 0.2) is 11.5 Å². The molecule has 0 bridgehead atoms. The van der Waals surface area contributed by atoms with Crippen LogP contribution < -0.4 is 9.47 Å². The van der Waals surface area contributed by atoms with Crippen molar-refractivity contribution in [1.29, 1.82) is 0 Å². The van der Waals surface area contributed by atoms with Gasteiger partial charge in [-0.25, -0.2) is 12.7 Å². The SMILES string of the molecule is COc1cc(Cc2nnc3sc(-c4ccncc4)cn23)c(S(=O)(=O)N(C)C)cc1OC. The number of benzene rings is 1. The van der Waals surface area contributed by atoms with Crippen LogP contribution in [0.15, 0.2) is 47.8 Å². The summed E-state index contributed by atoms with van der Waals surface area (Å²) in [4.78, 5) is 5.92. The molecule has 0 atom stereocenters. The van der Waals surface area contributed by atoms with Crippen molar-refractivity contribution in [3.63, 3.8) is 0 Å². The molecule has 0 spiro atoms. The highest BCUT2D eigenvalue weighted by molar-refractivity contribution is 7.89. The van der Waals surface area contributed by atoms with Gasteiger partial charge < -0.3 is 9.47 Å². The van der Waals surface area contributed by atoms with E-state index in [1.54, 1.807) is 18.5 Å². The molecule has 0 amide bonds. The Morgan fingerprint density at radius 1 is 1.06 bits per heavy atom. The van der Waals surface area contributed by atoms with E-state index in [1.165, 1.54) is 50.0 Å². The van der Waals surface area contributed by atoms with Crippen molar-refractivity contribution in [2.75, 3.05) is 28.3 Å². The quantitative estimate of drug-likeness (QED) is 0.419. The fourth-order valence-corrected chi connectivity index (χ4v) is 5.23. The minimum absolute atomic E-state index is 0.136. The third kappa shape index (κ3) is 3.87. The molecule has 0 fully saturated rings. The lowest BCUT2D eigenvalue weighted by Gasteiger charge is -2.17. The van der Waals surface area contributed by atoms with Crippen LogP contribution in [0.1, 0.15) is 11.4 Å². The summed E-state index contributed by atoms with van der Waals surface area (Å²) < 4.78 is 39.7. The summed E-state index contributed by atoms with van der Waals surface area (Å²) >= 11 is 1.50. The average molecular weight is 460 g/mol. The molecule has 1 aromatic carbocycles. The van der Waals surface area contributed by atoms with Crippen molar-refractivity contribution < 1.29 is 17.9 Å². The summed E-state index contributed by atoms with van der Waals surface area (Å²) in [6.45, 7) is 0. The van der Waals surface area contributed by atoms with E-state index in [0.717, 1.165) is 15.4 Å². The zero-order chi connectivity index (χ0) is 22.2. The lowest BCUT2D eigenvalue weighted by atomic mass is 10.1. The van der Waals surface area contributed by atoms with Gasteiger partial charge in [0, 0.05) is 45.2 Å². The zero-order valence-corrected chi connectivity index (χ0v) is 19.1. The number of hydrogen-bond donors (Lipinski definition) is 0. The first-order chi connectivity index (χ1) is 14.8. The molecule has 162 valence electrons. The van der Waals surface area contributed by atoms with Gasteiger partial charge in [-0.15, -0.1) is 10.2 Å². The summed E-state index contributed by atoms with van der Waals surface area (Å²) in [7, 11) is 2.24. The van der Waals surface area contributed by atoms with Crippen LogP contribution in [0.5, 0.6) is 11.5 Å². The highest BCUT2D eigenvalue weighted by Gasteiger charge is 2.25. The maximum atomic E-state index is 13.0. The highest BCUT2D eigenvalue weighted by atomic mass is 32.2. The van der Waals surface area contributed by atoms with E-state index >= 15 is 0 Å². The third-order valence-corrected chi connectivity index (χ3v) is 7.74. The summed E-state index contributed by atoms with van der Waals surface area (Å²) in [5.41, 5.74) is 1.57. The maximum absolute atomic E-state index is 13.0. The number of methoxy groups -OCH3 is 2. The molecule has 0 aliphatic carbocycles. The van der Waals surface area contributed by atoms with Crippen molar-refractivity contribution in [3.05, 3.63) is 54.2 Å². The number of nitrogens with zero attached hydrogens (tertiary/aromatic N) is 5. The molecule has 4 aromatic rings. The average Bonchev–Trinajstić information content (AvgIpc) is 3.35. The largest absolute Gasteiger partial charge is 0.493 e. The first kappa shape index (κ1) is 21.2. The van der Waals surface area contributed by atoms with E-state index in [4.69, 9.17) is 9.47 Å². The molecule has 0 aliphatic heterocycles. The second-order valence-corrected chi connectivity index (χ2v) is 10.0. The molecule has 0 radical (unpaired) electrons. The van der Waals surface area contributed by atoms with Crippen molar-refractivity contribution in [1.82, 2.24) is 23.9 Å². The van der Waals surface area contributed by atoms with Crippen LogP contribution >= 0.6 is 11.3 Å². The molecule has 3 heterocycles. The number of pyridine rings is 1. The smallest absolute Gasteiger partial charge is 0.242 e. The Bertz CT molecular complexity index is 1330. The molecule has 0 saturated heterocycles. The van der Waals surface area contributed by atoms with E-state index < -0.39 is 10.0 Å². The van der Waals surface area contributed by atoms with Gasteiger partial charge in [0.2, 0.25) is 15.0 Å². The number of hydrogen-bond acceptors (Lipinski definition) is 8. The number of sulfonamides is 1. The predicted octanol–water partition coefficient (Wildman–Crippen LogP) is 2.71. The standard InChI is InChI=1S/C20H21N5O4S2/c1-24(2)31(26,27)18-11-16(29-4)15(28-3)9-14(18)10-19-22-23-20-25(19)12-17(30-20)13-5-7-21-8-6-13/h5-9,11-12H,10H2,1-4H3. The molecule has 11 heteroatoms. The second-order valence-electron chi connectivity index (χ2n) is 6.88. The van der Waals surface area contributed by atoms with E-state index in [0.29, 0.717) is 22.9 Å². The number of thiazole rings is 1. The fraction of sp³-hybridized carbons (Fsp3) is 0.250. The molecule has 0 aliphatic rings. The predicted molar refractivity (Wildman–Crippen MR) is 117 cm³/mol. The summed E-state index contributed by atoms with van der Waals surface area (Å²) in [5, 5.41) is 8.55. The number of aromatic nitrogens is 4. The Morgan fingerprint density at radius 3 is 2.39 bits per heavy atom. The molecular formula is C20H21N5O4S2. The van der Waals surface area contributed by atoms with E-state index in [1.807, 2.05) is 22.7 Å². The summed E-state index contributed by atoms with van der Waals surface area (Å²) in [6, 6.07) is 7.01. The van der Waals surface area contributed by atoms with Gasteiger partial charge in [-0.1, -0.05) is 11.3 Å². The minimum atomic E-state index is -3.72. The first-order valence-corrected chi connectivity index (χ1v) is 11.5. The molecule has 31 heavy (non-hydrogen) atoms. The number of rotatable bonds is 7. The van der Waals surface area contributed by atoms with E-state index in [2.05, 4.69) is 15.2 Å². The van der Waals surface area contributed by atoms with Gasteiger partial charge in [0.1, 0.15) is 5.82 Å². The maximum Gasteiger partial charge on any atom is 0.242 e. The highest BCUT2D eigenvalue weighted by Crippen LogP contribution is 2.35. The normalized spacial score (nSPS) is 11.9. The lowest BCUT2D eigenvalue weighted by Crippen LogP contribution is -2.23. The summed E-state index contributed by atoms with van der Waals surface area (Å²) in [5.74, 6) is 1.40. The molecule has 0 unspecified atom stereocenters. The lowest BCUT2D eigenvalue weighted by molar-refractivity contribution is 0.353. The molecule has 4 rings (SSSR count). The molecule has 0 saturated carbocycles. The fourth-order valence-electron chi connectivity index (χ4n) is 3.17. The number of fused-ring (bicyclic) bond motifs is 1. The van der Waals surface area contributed by atoms with Crippen LogP contribution in [-0.2, 0) is 16.4 Å². The Morgan fingerprint density at radius 2 is 1.74 bits per heavy atom. The van der Waals surface area contributed by atoms with Crippen LogP contribution in [-0.4, -0.2) is 60.6 Å². The van der Waals surface area contributed by atoms with E-state index in [9.17, 15) is 8.42 Å². The van der Waals surface area contributed by atoms with Crippen LogP contribution in [0.2, 0.25) is 0 Å². The van der Waals surface area contributed by atoms with Crippen LogP contribution in [0.4, 0.5) is 0 Å². The van der Waals surface area contributed by atoms with E-state index in [-0.39, 0.29) is 11.3 Å². The Hall–Kier alpha value is -3.02. The topological polar surface area (TPSA) is 98.9 Å². The van der Waals surface area contributed by atoms with Gasteiger partial charge in [-0.3, -0.25) is 9.38 Å². The van der Waals surface area contributed by atoms with Gasteiger partial charge in [0.25, 0.3) is 0 Å². The van der Waals surface area contributed by atoms with Gasteiger partial charge in [-0.2, -0.15) is 0 Å². The van der Waals surface area contributed by atoms with Crippen molar-refractivity contribution >= 4 is 26.3 Å². The Kier molecular flexibility index (Phi) is 5.65. The molecular weight excluding hydrogens is 438 g/mol. The Balaban J connectivity index is 1.82. The monoisotopic (exact) mass is 459 g/mol. The zero-order valence-electron chi connectivity index (χ0n) is 17.4. The summed E-state index contributed by atoms with van der Waals surface area (Å²) in [6.07, 6.45) is 5.67. The molecule has 9 nitrogen and oxygen atoms in total. The van der Waals surface area contributed by atoms with Gasteiger partial charge in [0.05, 0.1) is 24.0 Å². The minimum Gasteiger partial charge on any atom is -0.493 e. The van der Waals surface area contributed by atoms with Crippen LogP contribution in [0.25, 0.3) is 15.4 Å². The first-order valence-electron chi connectivity index (χ1n) is 9.26. The van der Waals surface area contributed by atoms with Crippen LogP contribution in [0.3, 0.4) is 0 Å². The van der Waals surface area contributed by atoms with Gasteiger partial charge >= 0.3 is 0 Å². The molecule has 3 aromatic heterocycles.